The zero-order chi connectivity index (χ0) is 21.1. The van der Waals surface area contributed by atoms with Gasteiger partial charge in [0.2, 0.25) is 0 Å². The molecule has 0 heteroatoms. The molecule has 1 unspecified atom stereocenters. The summed E-state index contributed by atoms with van der Waals surface area (Å²) in [4.78, 5) is 0. The Balaban J connectivity index is 0.00000136. The molecule has 1 atom stereocenters. The SMILES string of the molecule is CC.CCC1(C)Cc2ccccc2C(c2ccc(C(C)C)c(C)c2)=CC1(C)C. The largest absolute Gasteiger partial charge is 0.0698 e. The van der Waals surface area contributed by atoms with Gasteiger partial charge in [0.1, 0.15) is 0 Å². The van der Waals surface area contributed by atoms with Gasteiger partial charge >= 0.3 is 0 Å². The Morgan fingerprint density at radius 1 is 0.964 bits per heavy atom. The molecule has 0 aromatic heterocycles. The summed E-state index contributed by atoms with van der Waals surface area (Å²) < 4.78 is 0. The van der Waals surface area contributed by atoms with E-state index in [4.69, 9.17) is 0 Å². The predicted molar refractivity (Wildman–Crippen MR) is 126 cm³/mol. The molecule has 0 aliphatic heterocycles. The van der Waals surface area contributed by atoms with Crippen molar-refractivity contribution in [3.63, 3.8) is 0 Å². The highest BCUT2D eigenvalue weighted by Crippen LogP contribution is 2.50. The van der Waals surface area contributed by atoms with Crippen LogP contribution in [0.3, 0.4) is 0 Å². The summed E-state index contributed by atoms with van der Waals surface area (Å²) in [7, 11) is 0. The summed E-state index contributed by atoms with van der Waals surface area (Å²) in [6.07, 6.45) is 4.87. The van der Waals surface area contributed by atoms with E-state index in [1.54, 1.807) is 0 Å². The molecule has 0 saturated carbocycles. The van der Waals surface area contributed by atoms with Gasteiger partial charge in [0, 0.05) is 0 Å². The average Bonchev–Trinajstić information content (AvgIpc) is 2.76. The molecule has 0 N–H and O–H groups in total. The van der Waals surface area contributed by atoms with Crippen molar-refractivity contribution < 1.29 is 0 Å². The Hall–Kier alpha value is -1.82. The summed E-state index contributed by atoms with van der Waals surface area (Å²) in [5.74, 6) is 0.569. The summed E-state index contributed by atoms with van der Waals surface area (Å²) >= 11 is 0. The Kier molecular flexibility index (Phi) is 6.97. The fraction of sp³-hybridized carbons (Fsp3) is 0.500. The van der Waals surface area contributed by atoms with Crippen molar-refractivity contribution in [2.24, 2.45) is 10.8 Å². The molecule has 0 heterocycles. The van der Waals surface area contributed by atoms with Crippen molar-refractivity contribution in [3.8, 4) is 0 Å². The molecule has 0 spiro atoms. The van der Waals surface area contributed by atoms with Crippen LogP contribution in [0.15, 0.2) is 48.5 Å². The second kappa shape index (κ2) is 8.68. The summed E-state index contributed by atoms with van der Waals surface area (Å²) in [5, 5.41) is 0. The Morgan fingerprint density at radius 2 is 1.61 bits per heavy atom. The van der Waals surface area contributed by atoms with Gasteiger partial charge in [-0.15, -0.1) is 0 Å². The van der Waals surface area contributed by atoms with Crippen molar-refractivity contribution in [1.82, 2.24) is 0 Å². The first-order valence-electron chi connectivity index (χ1n) is 11.1. The van der Waals surface area contributed by atoms with Crippen LogP contribution < -0.4 is 0 Å². The first kappa shape index (κ1) is 22.5. The van der Waals surface area contributed by atoms with Gasteiger partial charge in [-0.1, -0.05) is 104 Å². The number of benzene rings is 2. The number of allylic oxidation sites excluding steroid dienone is 1. The van der Waals surface area contributed by atoms with E-state index in [1.807, 2.05) is 13.8 Å². The normalized spacial score (nSPS) is 20.6. The molecule has 28 heavy (non-hydrogen) atoms. The maximum Gasteiger partial charge on any atom is -0.0109 e. The number of rotatable bonds is 3. The molecule has 0 radical (unpaired) electrons. The van der Waals surface area contributed by atoms with Crippen LogP contribution in [0.25, 0.3) is 5.57 Å². The summed E-state index contributed by atoms with van der Waals surface area (Å²) in [6.45, 7) is 20.4. The van der Waals surface area contributed by atoms with Crippen LogP contribution in [-0.2, 0) is 6.42 Å². The van der Waals surface area contributed by atoms with E-state index >= 15 is 0 Å². The van der Waals surface area contributed by atoms with E-state index < -0.39 is 0 Å². The topological polar surface area (TPSA) is 0 Å². The lowest BCUT2D eigenvalue weighted by molar-refractivity contribution is 0.135. The number of aryl methyl sites for hydroxylation is 1. The van der Waals surface area contributed by atoms with Gasteiger partial charge in [0.15, 0.2) is 0 Å². The fourth-order valence-electron chi connectivity index (χ4n) is 4.51. The van der Waals surface area contributed by atoms with Gasteiger partial charge < -0.3 is 0 Å². The van der Waals surface area contributed by atoms with Gasteiger partial charge in [-0.3, -0.25) is 0 Å². The van der Waals surface area contributed by atoms with Crippen LogP contribution in [0.2, 0.25) is 0 Å². The molecular weight excluding hydrogens is 336 g/mol. The van der Waals surface area contributed by atoms with Crippen molar-refractivity contribution in [1.29, 1.82) is 0 Å². The molecule has 0 nitrogen and oxygen atoms in total. The monoisotopic (exact) mass is 376 g/mol. The minimum absolute atomic E-state index is 0.140. The highest BCUT2D eigenvalue weighted by atomic mass is 14.4. The average molecular weight is 377 g/mol. The zero-order valence-electron chi connectivity index (χ0n) is 19.6. The van der Waals surface area contributed by atoms with Crippen molar-refractivity contribution >= 4 is 5.57 Å². The van der Waals surface area contributed by atoms with Crippen LogP contribution in [0.4, 0.5) is 0 Å². The third-order valence-corrected chi connectivity index (χ3v) is 6.93. The van der Waals surface area contributed by atoms with E-state index in [9.17, 15) is 0 Å². The Bertz CT molecular complexity index is 835. The lowest BCUT2D eigenvalue weighted by Gasteiger charge is -2.41. The minimum Gasteiger partial charge on any atom is -0.0698 e. The molecule has 2 aromatic carbocycles. The molecule has 0 amide bonds. The second-order valence-corrected chi connectivity index (χ2v) is 9.25. The maximum atomic E-state index is 2.55. The predicted octanol–water partition coefficient (Wildman–Crippen LogP) is 8.57. The van der Waals surface area contributed by atoms with Gasteiger partial charge in [-0.05, 0) is 69.9 Å². The van der Waals surface area contributed by atoms with Crippen LogP contribution in [0.1, 0.15) is 95.5 Å². The summed E-state index contributed by atoms with van der Waals surface area (Å²) in [5.41, 5.74) is 8.91. The van der Waals surface area contributed by atoms with Crippen LogP contribution in [0, 0.1) is 17.8 Å². The highest BCUT2D eigenvalue weighted by molar-refractivity contribution is 5.83. The van der Waals surface area contributed by atoms with Crippen LogP contribution in [-0.4, -0.2) is 0 Å². The van der Waals surface area contributed by atoms with Gasteiger partial charge in [0.05, 0.1) is 0 Å². The second-order valence-electron chi connectivity index (χ2n) is 9.25. The third kappa shape index (κ3) is 4.12. The highest BCUT2D eigenvalue weighted by Gasteiger charge is 2.40. The third-order valence-electron chi connectivity index (χ3n) is 6.93. The van der Waals surface area contributed by atoms with Crippen molar-refractivity contribution in [3.05, 3.63) is 76.4 Å². The van der Waals surface area contributed by atoms with Gasteiger partial charge in [-0.2, -0.15) is 0 Å². The number of hydrogen-bond acceptors (Lipinski definition) is 0. The molecule has 1 aliphatic rings. The molecular formula is C28H40. The van der Waals surface area contributed by atoms with Crippen molar-refractivity contribution in [2.45, 2.75) is 81.1 Å². The first-order chi connectivity index (χ1) is 13.2. The molecule has 0 bridgehead atoms. The molecule has 0 fully saturated rings. The van der Waals surface area contributed by atoms with E-state index in [-0.39, 0.29) is 10.8 Å². The quantitative estimate of drug-likeness (QED) is 0.503. The van der Waals surface area contributed by atoms with Crippen LogP contribution in [0.5, 0.6) is 0 Å². The first-order valence-corrected chi connectivity index (χ1v) is 11.1. The lowest BCUT2D eigenvalue weighted by Crippen LogP contribution is -2.34. The zero-order valence-corrected chi connectivity index (χ0v) is 19.6. The smallest absolute Gasteiger partial charge is 0.0109 e. The molecule has 2 aromatic rings. The Labute approximate surface area is 174 Å². The summed E-state index contributed by atoms with van der Waals surface area (Å²) in [6, 6.07) is 16.1. The number of fused-ring (bicyclic) bond motifs is 1. The lowest BCUT2D eigenvalue weighted by atomic mass is 9.63. The van der Waals surface area contributed by atoms with E-state index in [0.717, 1.165) is 6.42 Å². The number of hydrogen-bond donors (Lipinski definition) is 0. The molecule has 0 saturated heterocycles. The molecule has 3 rings (SSSR count). The standard InChI is InChI=1S/C26H34.C2H6/c1-8-26(7)16-21-11-9-10-12-23(21)24(17-25(26,5)6)20-13-14-22(18(2)3)19(4)15-20;1-2/h9-15,17-18H,8,16H2,1-7H3;1-2H3. The van der Waals surface area contributed by atoms with E-state index in [0.29, 0.717) is 5.92 Å². The van der Waals surface area contributed by atoms with E-state index in [1.165, 1.54) is 39.8 Å². The van der Waals surface area contributed by atoms with Gasteiger partial charge in [-0.25, -0.2) is 0 Å². The molecule has 152 valence electrons. The Morgan fingerprint density at radius 3 is 2.18 bits per heavy atom. The maximum absolute atomic E-state index is 2.55. The molecule has 1 aliphatic carbocycles. The fourth-order valence-corrected chi connectivity index (χ4v) is 4.51. The van der Waals surface area contributed by atoms with Gasteiger partial charge in [0.25, 0.3) is 0 Å². The van der Waals surface area contributed by atoms with Crippen molar-refractivity contribution in [2.75, 3.05) is 0 Å². The van der Waals surface area contributed by atoms with E-state index in [2.05, 4.69) is 97.0 Å². The van der Waals surface area contributed by atoms with Crippen LogP contribution >= 0.6 is 0 Å². The minimum atomic E-state index is 0.140.